The van der Waals surface area contributed by atoms with Gasteiger partial charge in [-0.05, 0) is 42.3 Å². The van der Waals surface area contributed by atoms with Gasteiger partial charge in [-0.25, -0.2) is 4.39 Å². The lowest BCUT2D eigenvalue weighted by molar-refractivity contribution is 0.176. The smallest absolute Gasteiger partial charge is 0.127 e. The minimum atomic E-state index is -0.786. The van der Waals surface area contributed by atoms with Gasteiger partial charge in [-0.1, -0.05) is 29.8 Å². The Bertz CT molecular complexity index is 586. The Balaban J connectivity index is 2.15. The second-order valence-corrected chi connectivity index (χ2v) is 4.90. The predicted molar refractivity (Wildman–Crippen MR) is 77.7 cm³/mol. The van der Waals surface area contributed by atoms with E-state index in [1.807, 2.05) is 19.1 Å². The van der Waals surface area contributed by atoms with Gasteiger partial charge in [0.2, 0.25) is 0 Å². The number of aliphatic hydroxyl groups is 1. The van der Waals surface area contributed by atoms with E-state index in [1.54, 1.807) is 24.3 Å². The molecule has 106 valence electrons. The van der Waals surface area contributed by atoms with Crippen molar-refractivity contribution < 1.29 is 14.2 Å². The molecule has 2 rings (SSSR count). The lowest BCUT2D eigenvalue weighted by atomic mass is 10.0. The molecular formula is C16H16ClFO2. The highest BCUT2D eigenvalue weighted by atomic mass is 35.5. The van der Waals surface area contributed by atoms with Gasteiger partial charge in [-0.15, -0.1) is 0 Å². The molecule has 1 atom stereocenters. The van der Waals surface area contributed by atoms with Crippen molar-refractivity contribution in [2.75, 3.05) is 6.61 Å². The molecule has 0 aliphatic heterocycles. The molecule has 0 saturated heterocycles. The quantitative estimate of drug-likeness (QED) is 0.897. The van der Waals surface area contributed by atoms with E-state index in [2.05, 4.69) is 0 Å². The zero-order valence-corrected chi connectivity index (χ0v) is 11.9. The standard InChI is InChI=1S/C16H16ClFO2/c1-2-20-14-5-3-4-12(8-14)16(19)9-11-6-7-13(17)10-15(11)18/h3-8,10,16,19H,2,9H2,1H3. The topological polar surface area (TPSA) is 29.5 Å². The van der Waals surface area contributed by atoms with Crippen molar-refractivity contribution in [2.24, 2.45) is 0 Å². The van der Waals surface area contributed by atoms with Crippen LogP contribution in [0.25, 0.3) is 0 Å². The minimum Gasteiger partial charge on any atom is -0.494 e. The largest absolute Gasteiger partial charge is 0.494 e. The zero-order valence-electron chi connectivity index (χ0n) is 11.1. The molecule has 0 spiro atoms. The van der Waals surface area contributed by atoms with Crippen molar-refractivity contribution in [2.45, 2.75) is 19.4 Å². The molecule has 2 nitrogen and oxygen atoms in total. The second kappa shape index (κ2) is 6.73. The summed E-state index contributed by atoms with van der Waals surface area (Å²) in [6.07, 6.45) is -0.593. The summed E-state index contributed by atoms with van der Waals surface area (Å²) in [5.74, 6) is 0.290. The maximum absolute atomic E-state index is 13.7. The summed E-state index contributed by atoms with van der Waals surface area (Å²) < 4.78 is 19.1. The number of hydrogen-bond donors (Lipinski definition) is 1. The summed E-state index contributed by atoms with van der Waals surface area (Å²) >= 11 is 5.71. The van der Waals surface area contributed by atoms with Gasteiger partial charge in [0.15, 0.2) is 0 Å². The summed E-state index contributed by atoms with van der Waals surface area (Å²) in [7, 11) is 0. The van der Waals surface area contributed by atoms with Crippen molar-refractivity contribution in [3.63, 3.8) is 0 Å². The monoisotopic (exact) mass is 294 g/mol. The molecule has 2 aromatic rings. The number of rotatable bonds is 5. The fraction of sp³-hybridized carbons (Fsp3) is 0.250. The van der Waals surface area contributed by atoms with E-state index in [1.165, 1.54) is 6.07 Å². The fourth-order valence-corrected chi connectivity index (χ4v) is 2.15. The Kier molecular flexibility index (Phi) is 4.99. The van der Waals surface area contributed by atoms with Crippen molar-refractivity contribution in [3.8, 4) is 5.75 Å². The van der Waals surface area contributed by atoms with Crippen LogP contribution in [0, 0.1) is 5.82 Å². The summed E-state index contributed by atoms with van der Waals surface area (Å²) in [6, 6.07) is 11.6. The highest BCUT2D eigenvalue weighted by molar-refractivity contribution is 6.30. The van der Waals surface area contributed by atoms with Crippen LogP contribution in [-0.2, 0) is 6.42 Å². The van der Waals surface area contributed by atoms with Crippen LogP contribution in [-0.4, -0.2) is 11.7 Å². The van der Waals surface area contributed by atoms with E-state index in [0.717, 1.165) is 0 Å². The molecule has 0 bridgehead atoms. The number of ether oxygens (including phenoxy) is 1. The Morgan fingerprint density at radius 2 is 2.05 bits per heavy atom. The summed E-state index contributed by atoms with van der Waals surface area (Å²) in [5.41, 5.74) is 1.13. The molecule has 1 unspecified atom stereocenters. The molecular weight excluding hydrogens is 279 g/mol. The van der Waals surface area contributed by atoms with Crippen molar-refractivity contribution >= 4 is 11.6 Å². The minimum absolute atomic E-state index is 0.193. The third-order valence-corrected chi connectivity index (χ3v) is 3.22. The fourth-order valence-electron chi connectivity index (χ4n) is 1.99. The predicted octanol–water partition coefficient (Wildman–Crippen LogP) is 4.15. The van der Waals surface area contributed by atoms with Crippen LogP contribution in [0.1, 0.15) is 24.2 Å². The van der Waals surface area contributed by atoms with E-state index in [9.17, 15) is 9.50 Å². The Morgan fingerprint density at radius 1 is 1.25 bits per heavy atom. The first-order valence-electron chi connectivity index (χ1n) is 6.45. The Hall–Kier alpha value is -1.58. The van der Waals surface area contributed by atoms with E-state index in [4.69, 9.17) is 16.3 Å². The summed E-state index contributed by atoms with van der Waals surface area (Å²) in [4.78, 5) is 0. The molecule has 0 fully saturated rings. The van der Waals surface area contributed by atoms with Crippen molar-refractivity contribution in [3.05, 3.63) is 64.4 Å². The summed E-state index contributed by atoms with van der Waals surface area (Å²) in [5, 5.41) is 10.6. The van der Waals surface area contributed by atoms with E-state index >= 15 is 0 Å². The van der Waals surface area contributed by atoms with E-state index in [-0.39, 0.29) is 6.42 Å². The molecule has 0 heterocycles. The van der Waals surface area contributed by atoms with Crippen LogP contribution in [0.5, 0.6) is 5.75 Å². The van der Waals surface area contributed by atoms with Crippen LogP contribution in [0.4, 0.5) is 4.39 Å². The van der Waals surface area contributed by atoms with Crippen LogP contribution in [0.2, 0.25) is 5.02 Å². The van der Waals surface area contributed by atoms with Crippen LogP contribution >= 0.6 is 11.6 Å². The SMILES string of the molecule is CCOc1cccc(C(O)Cc2ccc(Cl)cc2F)c1. The van der Waals surface area contributed by atoms with Crippen LogP contribution in [0.15, 0.2) is 42.5 Å². The maximum atomic E-state index is 13.7. The third kappa shape index (κ3) is 3.71. The van der Waals surface area contributed by atoms with Crippen LogP contribution < -0.4 is 4.74 Å². The highest BCUT2D eigenvalue weighted by Crippen LogP contribution is 2.24. The first-order chi connectivity index (χ1) is 9.60. The first-order valence-corrected chi connectivity index (χ1v) is 6.82. The van der Waals surface area contributed by atoms with Crippen molar-refractivity contribution in [1.29, 1.82) is 0 Å². The molecule has 0 aromatic heterocycles. The van der Waals surface area contributed by atoms with Gasteiger partial charge in [0, 0.05) is 11.4 Å². The molecule has 4 heteroatoms. The van der Waals surface area contributed by atoms with Gasteiger partial charge in [0.05, 0.1) is 12.7 Å². The van der Waals surface area contributed by atoms with Gasteiger partial charge in [-0.2, -0.15) is 0 Å². The van der Waals surface area contributed by atoms with E-state index < -0.39 is 11.9 Å². The maximum Gasteiger partial charge on any atom is 0.127 e. The number of hydrogen-bond acceptors (Lipinski definition) is 2. The normalized spacial score (nSPS) is 12.2. The molecule has 0 amide bonds. The number of halogens is 2. The summed E-state index contributed by atoms with van der Waals surface area (Å²) in [6.45, 7) is 2.46. The van der Waals surface area contributed by atoms with Gasteiger partial charge < -0.3 is 9.84 Å². The average Bonchev–Trinajstić information content (AvgIpc) is 2.42. The second-order valence-electron chi connectivity index (χ2n) is 4.46. The molecule has 20 heavy (non-hydrogen) atoms. The molecule has 1 N–H and O–H groups in total. The molecule has 0 aliphatic rings. The molecule has 0 radical (unpaired) electrons. The molecule has 0 saturated carbocycles. The third-order valence-electron chi connectivity index (χ3n) is 2.98. The zero-order chi connectivity index (χ0) is 14.5. The lowest BCUT2D eigenvalue weighted by Gasteiger charge is -2.13. The Morgan fingerprint density at radius 3 is 2.75 bits per heavy atom. The van der Waals surface area contributed by atoms with E-state index in [0.29, 0.717) is 28.5 Å². The average molecular weight is 295 g/mol. The van der Waals surface area contributed by atoms with Gasteiger partial charge in [0.1, 0.15) is 11.6 Å². The molecule has 2 aromatic carbocycles. The number of benzene rings is 2. The first kappa shape index (κ1) is 14.8. The van der Waals surface area contributed by atoms with Gasteiger partial charge in [-0.3, -0.25) is 0 Å². The lowest BCUT2D eigenvalue weighted by Crippen LogP contribution is -2.04. The Labute approximate surface area is 122 Å². The van der Waals surface area contributed by atoms with Gasteiger partial charge in [0.25, 0.3) is 0 Å². The highest BCUT2D eigenvalue weighted by Gasteiger charge is 2.12. The number of aliphatic hydroxyl groups excluding tert-OH is 1. The van der Waals surface area contributed by atoms with Crippen LogP contribution in [0.3, 0.4) is 0 Å². The van der Waals surface area contributed by atoms with Crippen molar-refractivity contribution in [1.82, 2.24) is 0 Å². The molecule has 0 aliphatic carbocycles. The van der Waals surface area contributed by atoms with Gasteiger partial charge >= 0.3 is 0 Å².